The molecule has 100 valence electrons. The van der Waals surface area contributed by atoms with Gasteiger partial charge in [-0.3, -0.25) is 4.79 Å². The minimum absolute atomic E-state index is 0.0771. The summed E-state index contributed by atoms with van der Waals surface area (Å²) < 4.78 is 0. The molecule has 1 aliphatic heterocycles. The molecule has 0 bridgehead atoms. The Kier molecular flexibility index (Phi) is 5.92. The van der Waals surface area contributed by atoms with Gasteiger partial charge < -0.3 is 15.7 Å². The van der Waals surface area contributed by atoms with Crippen LogP contribution in [0.3, 0.4) is 0 Å². The molecule has 3 N–H and O–H groups in total. The number of rotatable bonds is 6. The average molecular weight is 242 g/mol. The largest absolute Gasteiger partial charge is 0.388 e. The summed E-state index contributed by atoms with van der Waals surface area (Å²) in [4.78, 5) is 11.7. The number of carbonyl (C=O) groups excluding carboxylic acids is 1. The first-order valence-corrected chi connectivity index (χ1v) is 6.73. The first-order chi connectivity index (χ1) is 8.03. The number of hydrogen-bond acceptors (Lipinski definition) is 3. The highest BCUT2D eigenvalue weighted by Crippen LogP contribution is 2.16. The molecule has 4 heteroatoms. The smallest absolute Gasteiger partial charge is 0.220 e. The summed E-state index contributed by atoms with van der Waals surface area (Å²) in [5.41, 5.74) is -0.765. The molecule has 0 aliphatic carbocycles. The fourth-order valence-electron chi connectivity index (χ4n) is 2.34. The monoisotopic (exact) mass is 242 g/mol. The fourth-order valence-corrected chi connectivity index (χ4v) is 2.34. The van der Waals surface area contributed by atoms with Crippen LogP contribution in [0.25, 0.3) is 0 Å². The summed E-state index contributed by atoms with van der Waals surface area (Å²) in [6.45, 7) is 6.22. The van der Waals surface area contributed by atoms with Crippen molar-refractivity contribution >= 4 is 5.91 Å². The molecule has 17 heavy (non-hydrogen) atoms. The molecule has 0 aromatic carbocycles. The molecule has 1 aliphatic rings. The average Bonchev–Trinajstić information content (AvgIpc) is 2.28. The maximum Gasteiger partial charge on any atom is 0.220 e. The first kappa shape index (κ1) is 14.5. The molecule has 0 spiro atoms. The van der Waals surface area contributed by atoms with Crippen molar-refractivity contribution < 1.29 is 9.90 Å². The van der Waals surface area contributed by atoms with Gasteiger partial charge in [-0.05, 0) is 45.2 Å². The highest BCUT2D eigenvalue weighted by atomic mass is 16.3. The topological polar surface area (TPSA) is 61.4 Å². The maximum absolute atomic E-state index is 11.7. The van der Waals surface area contributed by atoms with Crippen LogP contribution in [-0.4, -0.2) is 36.2 Å². The Balaban J connectivity index is 2.20. The van der Waals surface area contributed by atoms with E-state index in [1.165, 1.54) is 0 Å². The minimum Gasteiger partial charge on any atom is -0.388 e. The van der Waals surface area contributed by atoms with E-state index in [-0.39, 0.29) is 5.91 Å². The normalized spacial score (nSPS) is 20.9. The van der Waals surface area contributed by atoms with Gasteiger partial charge in [0.25, 0.3) is 0 Å². The SMILES string of the molecule is CCCC(C)(O)CNC(=O)CC1CCNCC1. The van der Waals surface area contributed by atoms with Crippen LogP contribution < -0.4 is 10.6 Å². The Morgan fingerprint density at radius 1 is 1.47 bits per heavy atom. The van der Waals surface area contributed by atoms with Crippen molar-refractivity contribution in [3.8, 4) is 0 Å². The molecule has 0 saturated carbocycles. The first-order valence-electron chi connectivity index (χ1n) is 6.73. The maximum atomic E-state index is 11.7. The van der Waals surface area contributed by atoms with Crippen molar-refractivity contribution in [3.63, 3.8) is 0 Å². The van der Waals surface area contributed by atoms with Crippen LogP contribution in [0.2, 0.25) is 0 Å². The molecular weight excluding hydrogens is 216 g/mol. The summed E-state index contributed by atoms with van der Waals surface area (Å²) in [5, 5.41) is 16.1. The van der Waals surface area contributed by atoms with Crippen molar-refractivity contribution in [1.29, 1.82) is 0 Å². The molecule has 1 fully saturated rings. The van der Waals surface area contributed by atoms with Crippen LogP contribution in [0.15, 0.2) is 0 Å². The molecule has 1 unspecified atom stereocenters. The Morgan fingerprint density at radius 3 is 2.71 bits per heavy atom. The van der Waals surface area contributed by atoms with Gasteiger partial charge in [0.2, 0.25) is 5.91 Å². The van der Waals surface area contributed by atoms with Gasteiger partial charge in [0.1, 0.15) is 0 Å². The van der Waals surface area contributed by atoms with E-state index in [1.807, 2.05) is 6.92 Å². The van der Waals surface area contributed by atoms with Crippen molar-refractivity contribution in [2.45, 2.75) is 51.6 Å². The van der Waals surface area contributed by atoms with Crippen LogP contribution in [-0.2, 0) is 4.79 Å². The van der Waals surface area contributed by atoms with Gasteiger partial charge in [0.05, 0.1) is 5.60 Å². The number of piperidine rings is 1. The molecule has 1 amide bonds. The van der Waals surface area contributed by atoms with E-state index in [0.29, 0.717) is 18.9 Å². The summed E-state index contributed by atoms with van der Waals surface area (Å²) >= 11 is 0. The number of carbonyl (C=O) groups is 1. The second kappa shape index (κ2) is 6.97. The van der Waals surface area contributed by atoms with Crippen LogP contribution in [0.1, 0.15) is 46.0 Å². The quantitative estimate of drug-likeness (QED) is 0.652. The third-order valence-corrected chi connectivity index (χ3v) is 3.39. The minimum atomic E-state index is -0.765. The summed E-state index contributed by atoms with van der Waals surface area (Å²) in [5.74, 6) is 0.584. The van der Waals surface area contributed by atoms with Crippen molar-refractivity contribution in [1.82, 2.24) is 10.6 Å². The zero-order valence-corrected chi connectivity index (χ0v) is 11.1. The molecule has 1 saturated heterocycles. The van der Waals surface area contributed by atoms with E-state index in [9.17, 15) is 9.90 Å². The number of aliphatic hydroxyl groups is 1. The van der Waals surface area contributed by atoms with Gasteiger partial charge in [-0.15, -0.1) is 0 Å². The Labute approximate surface area is 104 Å². The van der Waals surface area contributed by atoms with E-state index in [4.69, 9.17) is 0 Å². The zero-order chi connectivity index (χ0) is 12.7. The van der Waals surface area contributed by atoms with Gasteiger partial charge in [-0.1, -0.05) is 13.3 Å². The second-order valence-electron chi connectivity index (χ2n) is 5.42. The number of nitrogens with one attached hydrogen (secondary N) is 2. The molecule has 4 nitrogen and oxygen atoms in total. The Hall–Kier alpha value is -0.610. The van der Waals surface area contributed by atoms with E-state index < -0.39 is 5.60 Å². The summed E-state index contributed by atoms with van der Waals surface area (Å²) in [6.07, 6.45) is 4.42. The van der Waals surface area contributed by atoms with Crippen molar-refractivity contribution in [3.05, 3.63) is 0 Å². The van der Waals surface area contributed by atoms with Crippen molar-refractivity contribution in [2.75, 3.05) is 19.6 Å². The summed E-state index contributed by atoms with van der Waals surface area (Å²) in [7, 11) is 0. The lowest BCUT2D eigenvalue weighted by atomic mass is 9.94. The van der Waals surface area contributed by atoms with Crippen molar-refractivity contribution in [2.24, 2.45) is 5.92 Å². The lowest BCUT2D eigenvalue weighted by molar-refractivity contribution is -0.123. The van der Waals surface area contributed by atoms with Gasteiger partial charge in [0.15, 0.2) is 0 Å². The van der Waals surface area contributed by atoms with Crippen LogP contribution in [0.5, 0.6) is 0 Å². The standard InChI is InChI=1S/C13H26N2O2/c1-3-6-13(2,17)10-15-12(16)9-11-4-7-14-8-5-11/h11,14,17H,3-10H2,1-2H3,(H,15,16). The van der Waals surface area contributed by atoms with Gasteiger partial charge in [-0.2, -0.15) is 0 Å². The Bertz CT molecular complexity index is 236. The molecule has 0 aromatic rings. The second-order valence-corrected chi connectivity index (χ2v) is 5.42. The zero-order valence-electron chi connectivity index (χ0n) is 11.1. The van der Waals surface area contributed by atoms with E-state index in [0.717, 1.165) is 38.8 Å². The molecule has 1 heterocycles. The van der Waals surface area contributed by atoms with E-state index in [2.05, 4.69) is 10.6 Å². The van der Waals surface area contributed by atoms with E-state index in [1.54, 1.807) is 6.92 Å². The highest BCUT2D eigenvalue weighted by molar-refractivity contribution is 5.76. The van der Waals surface area contributed by atoms with E-state index >= 15 is 0 Å². The number of hydrogen-bond donors (Lipinski definition) is 3. The molecular formula is C13H26N2O2. The van der Waals surface area contributed by atoms with Crippen LogP contribution in [0.4, 0.5) is 0 Å². The Morgan fingerprint density at radius 2 is 2.12 bits per heavy atom. The van der Waals surface area contributed by atoms with Gasteiger partial charge >= 0.3 is 0 Å². The third kappa shape index (κ3) is 6.03. The fraction of sp³-hybridized carbons (Fsp3) is 0.923. The van der Waals surface area contributed by atoms with Gasteiger partial charge in [0, 0.05) is 13.0 Å². The molecule has 0 radical (unpaired) electrons. The van der Waals surface area contributed by atoms with Crippen LogP contribution in [0, 0.1) is 5.92 Å². The van der Waals surface area contributed by atoms with Gasteiger partial charge in [-0.25, -0.2) is 0 Å². The molecule has 1 atom stereocenters. The molecule has 0 aromatic heterocycles. The lowest BCUT2D eigenvalue weighted by Gasteiger charge is -2.25. The number of amides is 1. The third-order valence-electron chi connectivity index (χ3n) is 3.39. The summed E-state index contributed by atoms with van der Waals surface area (Å²) in [6, 6.07) is 0. The lowest BCUT2D eigenvalue weighted by Crippen LogP contribution is -2.41. The predicted molar refractivity (Wildman–Crippen MR) is 68.8 cm³/mol. The highest BCUT2D eigenvalue weighted by Gasteiger charge is 2.21. The van der Waals surface area contributed by atoms with Crippen LogP contribution >= 0.6 is 0 Å². The molecule has 1 rings (SSSR count). The predicted octanol–water partition coefficient (Wildman–Crippen LogP) is 1.04.